The van der Waals surface area contributed by atoms with Crippen LogP contribution in [0.3, 0.4) is 0 Å². The van der Waals surface area contributed by atoms with E-state index in [0.717, 1.165) is 32.2 Å². The summed E-state index contributed by atoms with van der Waals surface area (Å²) in [6.07, 6.45) is 9.03. The first kappa shape index (κ1) is 20.5. The summed E-state index contributed by atoms with van der Waals surface area (Å²) in [6.45, 7) is 12.0. The Hall–Kier alpha value is -1.80. The molecule has 0 spiro atoms. The molecule has 0 fully saturated rings. The molecule has 1 unspecified atom stereocenters. The Morgan fingerprint density at radius 1 is 1.15 bits per heavy atom. The molecule has 0 saturated heterocycles. The van der Waals surface area contributed by atoms with Gasteiger partial charge in [0.05, 0.1) is 0 Å². The van der Waals surface area contributed by atoms with Crippen LogP contribution in [0, 0.1) is 19.8 Å². The third kappa shape index (κ3) is 4.88. The van der Waals surface area contributed by atoms with E-state index in [0.29, 0.717) is 5.92 Å². The van der Waals surface area contributed by atoms with Gasteiger partial charge >= 0.3 is 0 Å². The molecule has 1 aliphatic rings. The molecule has 26 heavy (non-hydrogen) atoms. The van der Waals surface area contributed by atoms with E-state index in [4.69, 9.17) is 5.73 Å². The second-order valence-electron chi connectivity index (χ2n) is 7.87. The first-order chi connectivity index (χ1) is 12.3. The molecule has 0 saturated carbocycles. The minimum atomic E-state index is 0.627. The van der Waals surface area contributed by atoms with Gasteiger partial charge in [0.25, 0.3) is 0 Å². The highest BCUT2D eigenvalue weighted by Gasteiger charge is 2.18. The summed E-state index contributed by atoms with van der Waals surface area (Å²) in [5, 5.41) is 0. The van der Waals surface area contributed by atoms with Gasteiger partial charge in [0.1, 0.15) is 0 Å². The highest BCUT2D eigenvalue weighted by molar-refractivity contribution is 5.60. The van der Waals surface area contributed by atoms with Gasteiger partial charge < -0.3 is 10.6 Å². The summed E-state index contributed by atoms with van der Waals surface area (Å²) in [5.74, 6) is 0.627. The number of hydrogen-bond acceptors (Lipinski definition) is 2. The molecule has 0 bridgehead atoms. The van der Waals surface area contributed by atoms with Crippen LogP contribution in [-0.4, -0.2) is 13.6 Å². The number of allylic oxidation sites excluding steroid dienone is 6. The molecule has 1 aromatic rings. The zero-order chi connectivity index (χ0) is 19.3. The van der Waals surface area contributed by atoms with Gasteiger partial charge in [-0.2, -0.15) is 0 Å². The normalized spacial score (nSPS) is 18.2. The van der Waals surface area contributed by atoms with Crippen LogP contribution in [0.15, 0.2) is 52.8 Å². The number of anilines is 1. The Morgan fingerprint density at radius 2 is 1.88 bits per heavy atom. The maximum absolute atomic E-state index is 5.75. The molecule has 0 radical (unpaired) electrons. The largest absolute Gasteiger partial charge is 0.348 e. The van der Waals surface area contributed by atoms with Gasteiger partial charge in [-0.1, -0.05) is 42.3 Å². The Kier molecular flexibility index (Phi) is 7.28. The first-order valence-corrected chi connectivity index (χ1v) is 9.93. The van der Waals surface area contributed by atoms with Crippen LogP contribution in [0.5, 0.6) is 0 Å². The van der Waals surface area contributed by atoms with Gasteiger partial charge in [-0.05, 0) is 88.6 Å². The summed E-state index contributed by atoms with van der Waals surface area (Å²) in [4.78, 5) is 2.40. The van der Waals surface area contributed by atoms with Crippen molar-refractivity contribution in [1.82, 2.24) is 0 Å². The molecule has 1 aromatic carbocycles. The van der Waals surface area contributed by atoms with E-state index < -0.39 is 0 Å². The number of benzene rings is 1. The van der Waals surface area contributed by atoms with Crippen molar-refractivity contribution in [3.05, 3.63) is 63.9 Å². The first-order valence-electron chi connectivity index (χ1n) is 9.93. The van der Waals surface area contributed by atoms with Crippen molar-refractivity contribution in [2.24, 2.45) is 11.7 Å². The summed E-state index contributed by atoms with van der Waals surface area (Å²) < 4.78 is 0. The van der Waals surface area contributed by atoms with E-state index in [1.54, 1.807) is 0 Å². The number of hydrogen-bond donors (Lipinski definition) is 1. The van der Waals surface area contributed by atoms with Gasteiger partial charge in [0.2, 0.25) is 0 Å². The SMILES string of the molecule is CC1=CC=C(/C(C)=C(\CCCCN)N(C)c2ccc(C)cc2C)CC1C. The number of nitrogens with zero attached hydrogens (tertiary/aromatic N) is 1. The second-order valence-corrected chi connectivity index (χ2v) is 7.87. The molecule has 2 rings (SSSR count). The molecular formula is C24H36N2. The van der Waals surface area contributed by atoms with Gasteiger partial charge in [-0.3, -0.25) is 0 Å². The predicted octanol–water partition coefficient (Wildman–Crippen LogP) is 6.06. The lowest BCUT2D eigenvalue weighted by molar-refractivity contribution is 0.660. The molecule has 0 aliphatic heterocycles. The lowest BCUT2D eigenvalue weighted by Gasteiger charge is -2.29. The minimum Gasteiger partial charge on any atom is -0.348 e. The molecule has 0 amide bonds. The lowest BCUT2D eigenvalue weighted by Crippen LogP contribution is -2.20. The van der Waals surface area contributed by atoms with Crippen LogP contribution in [0.2, 0.25) is 0 Å². The molecule has 2 nitrogen and oxygen atoms in total. The Morgan fingerprint density at radius 3 is 2.50 bits per heavy atom. The maximum Gasteiger partial charge on any atom is 0.0435 e. The monoisotopic (exact) mass is 352 g/mol. The fourth-order valence-electron chi connectivity index (χ4n) is 3.79. The van der Waals surface area contributed by atoms with Crippen LogP contribution in [0.4, 0.5) is 5.69 Å². The van der Waals surface area contributed by atoms with E-state index in [2.05, 4.69) is 76.9 Å². The molecular weight excluding hydrogens is 316 g/mol. The third-order valence-electron chi connectivity index (χ3n) is 5.75. The fraction of sp³-hybridized carbons (Fsp3) is 0.500. The molecule has 1 atom stereocenters. The van der Waals surface area contributed by atoms with Gasteiger partial charge in [-0.15, -0.1) is 0 Å². The van der Waals surface area contributed by atoms with Crippen molar-refractivity contribution < 1.29 is 0 Å². The fourth-order valence-corrected chi connectivity index (χ4v) is 3.79. The summed E-state index contributed by atoms with van der Waals surface area (Å²) >= 11 is 0. The average Bonchev–Trinajstić information content (AvgIpc) is 2.60. The number of aryl methyl sites for hydroxylation is 2. The van der Waals surface area contributed by atoms with Crippen LogP contribution in [0.25, 0.3) is 0 Å². The van der Waals surface area contributed by atoms with Crippen LogP contribution in [0.1, 0.15) is 57.6 Å². The average molecular weight is 353 g/mol. The van der Waals surface area contributed by atoms with Gasteiger partial charge in [0.15, 0.2) is 0 Å². The van der Waals surface area contributed by atoms with Crippen molar-refractivity contribution in [3.8, 4) is 0 Å². The van der Waals surface area contributed by atoms with E-state index in [-0.39, 0.29) is 0 Å². The summed E-state index contributed by atoms with van der Waals surface area (Å²) in [5.41, 5.74) is 15.5. The van der Waals surface area contributed by atoms with Crippen molar-refractivity contribution in [1.29, 1.82) is 0 Å². The minimum absolute atomic E-state index is 0.627. The van der Waals surface area contributed by atoms with Crippen molar-refractivity contribution >= 4 is 5.69 Å². The number of rotatable bonds is 7. The second kappa shape index (κ2) is 9.23. The molecule has 2 N–H and O–H groups in total. The van der Waals surface area contributed by atoms with Gasteiger partial charge in [0, 0.05) is 18.4 Å². The number of unbranched alkanes of at least 4 members (excludes halogenated alkanes) is 1. The highest BCUT2D eigenvalue weighted by Crippen LogP contribution is 2.34. The molecule has 142 valence electrons. The summed E-state index contributed by atoms with van der Waals surface area (Å²) in [6, 6.07) is 6.73. The zero-order valence-corrected chi connectivity index (χ0v) is 17.5. The summed E-state index contributed by atoms with van der Waals surface area (Å²) in [7, 11) is 2.22. The van der Waals surface area contributed by atoms with Crippen LogP contribution >= 0.6 is 0 Å². The van der Waals surface area contributed by atoms with Crippen LogP contribution < -0.4 is 10.6 Å². The molecule has 0 aromatic heterocycles. The zero-order valence-electron chi connectivity index (χ0n) is 17.5. The Balaban J connectivity index is 2.41. The standard InChI is InChI=1S/C24H36N2/c1-17-10-13-23(20(4)15-17)26(6)24(9-7-8-14-25)21(5)22-12-11-18(2)19(3)16-22/h10-13,15,19H,7-9,14,16,25H2,1-6H3/b24-21+. The van der Waals surface area contributed by atoms with Crippen molar-refractivity contribution in [2.45, 2.75) is 60.3 Å². The Labute approximate surface area is 160 Å². The van der Waals surface area contributed by atoms with Crippen molar-refractivity contribution in [2.75, 3.05) is 18.5 Å². The van der Waals surface area contributed by atoms with E-state index in [9.17, 15) is 0 Å². The maximum atomic E-state index is 5.75. The van der Waals surface area contributed by atoms with E-state index >= 15 is 0 Å². The Bertz CT molecular complexity index is 722. The van der Waals surface area contributed by atoms with Gasteiger partial charge in [-0.25, -0.2) is 0 Å². The van der Waals surface area contributed by atoms with E-state index in [1.807, 2.05) is 0 Å². The van der Waals surface area contributed by atoms with Crippen LogP contribution in [-0.2, 0) is 0 Å². The topological polar surface area (TPSA) is 29.3 Å². The molecule has 2 heteroatoms. The lowest BCUT2D eigenvalue weighted by atomic mass is 9.85. The van der Waals surface area contributed by atoms with E-state index in [1.165, 1.54) is 39.2 Å². The number of nitrogens with two attached hydrogens (primary N) is 1. The smallest absolute Gasteiger partial charge is 0.0435 e. The van der Waals surface area contributed by atoms with Crippen molar-refractivity contribution in [3.63, 3.8) is 0 Å². The molecule has 1 aliphatic carbocycles. The predicted molar refractivity (Wildman–Crippen MR) is 116 cm³/mol. The third-order valence-corrected chi connectivity index (χ3v) is 5.75. The quantitative estimate of drug-likeness (QED) is 0.605. The highest BCUT2D eigenvalue weighted by atomic mass is 15.1. The molecule has 0 heterocycles.